The molecule has 0 amide bonds. The van der Waals surface area contributed by atoms with E-state index in [1.54, 1.807) is 0 Å². The number of carbonyl (C=O) groups excluding carboxylic acids is 1. The van der Waals surface area contributed by atoms with Crippen LogP contribution in [-0.2, 0) is 16.1 Å². The summed E-state index contributed by atoms with van der Waals surface area (Å²) >= 11 is 0. The molecule has 0 saturated heterocycles. The quantitative estimate of drug-likeness (QED) is 0.787. The van der Waals surface area contributed by atoms with E-state index < -0.39 is 5.60 Å². The monoisotopic (exact) mass is 259 g/mol. The molecule has 19 heavy (non-hydrogen) atoms. The first-order valence-electron chi connectivity index (χ1n) is 6.62. The summed E-state index contributed by atoms with van der Waals surface area (Å²) in [5.74, 6) is -0.151. The van der Waals surface area contributed by atoms with Gasteiger partial charge in [0.25, 0.3) is 0 Å². The molecular weight excluding hydrogens is 238 g/mol. The van der Waals surface area contributed by atoms with Gasteiger partial charge in [-0.25, -0.2) is 0 Å². The summed E-state index contributed by atoms with van der Waals surface area (Å²) in [7, 11) is 0. The van der Waals surface area contributed by atoms with Gasteiger partial charge < -0.3 is 9.30 Å². The van der Waals surface area contributed by atoms with Crippen LogP contribution < -0.4 is 0 Å². The van der Waals surface area contributed by atoms with Crippen molar-refractivity contribution < 1.29 is 9.53 Å². The first kappa shape index (κ1) is 13.7. The van der Waals surface area contributed by atoms with Gasteiger partial charge >= 0.3 is 5.97 Å². The van der Waals surface area contributed by atoms with E-state index in [-0.39, 0.29) is 5.97 Å². The molecule has 1 aromatic carbocycles. The van der Waals surface area contributed by atoms with Gasteiger partial charge in [0, 0.05) is 18.3 Å². The lowest BCUT2D eigenvalue weighted by Gasteiger charge is -2.19. The van der Waals surface area contributed by atoms with Crippen LogP contribution in [0.5, 0.6) is 0 Å². The van der Waals surface area contributed by atoms with Crippen LogP contribution in [0.3, 0.4) is 0 Å². The molecule has 2 aromatic rings. The Hall–Kier alpha value is -1.77. The van der Waals surface area contributed by atoms with Crippen molar-refractivity contribution in [2.45, 2.75) is 46.3 Å². The van der Waals surface area contributed by atoms with Crippen LogP contribution in [0.2, 0.25) is 0 Å². The number of hydrogen-bond donors (Lipinski definition) is 0. The molecule has 0 aliphatic rings. The Bertz CT molecular complexity index is 590. The lowest BCUT2D eigenvalue weighted by molar-refractivity contribution is -0.155. The number of esters is 1. The molecule has 0 N–H and O–H groups in total. The van der Waals surface area contributed by atoms with E-state index >= 15 is 0 Å². The van der Waals surface area contributed by atoms with E-state index in [1.165, 1.54) is 10.9 Å². The summed E-state index contributed by atoms with van der Waals surface area (Å²) in [5.41, 5.74) is 2.00. The highest BCUT2D eigenvalue weighted by atomic mass is 16.6. The van der Waals surface area contributed by atoms with Gasteiger partial charge in [-0.3, -0.25) is 4.79 Å². The van der Waals surface area contributed by atoms with Crippen molar-refractivity contribution in [3.8, 4) is 0 Å². The Balaban J connectivity index is 2.04. The fraction of sp³-hybridized carbons (Fsp3) is 0.438. The summed E-state index contributed by atoms with van der Waals surface area (Å²) in [6.45, 7) is 8.40. The second kappa shape index (κ2) is 5.08. The van der Waals surface area contributed by atoms with Crippen molar-refractivity contribution in [3.63, 3.8) is 0 Å². The highest BCUT2D eigenvalue weighted by Gasteiger charge is 2.16. The number of benzene rings is 1. The molecule has 0 radical (unpaired) electrons. The molecule has 102 valence electrons. The second-order valence-corrected chi connectivity index (χ2v) is 5.91. The predicted molar refractivity (Wildman–Crippen MR) is 77.1 cm³/mol. The molecule has 0 aliphatic carbocycles. The summed E-state index contributed by atoms with van der Waals surface area (Å²) in [6, 6.07) is 8.42. The largest absolute Gasteiger partial charge is 0.460 e. The van der Waals surface area contributed by atoms with Crippen molar-refractivity contribution in [1.29, 1.82) is 0 Å². The van der Waals surface area contributed by atoms with Crippen LogP contribution in [0.15, 0.2) is 30.5 Å². The van der Waals surface area contributed by atoms with Gasteiger partial charge in [-0.15, -0.1) is 0 Å². The zero-order valence-electron chi connectivity index (χ0n) is 12.1. The summed E-state index contributed by atoms with van der Waals surface area (Å²) < 4.78 is 7.41. The zero-order chi connectivity index (χ0) is 14.0. The van der Waals surface area contributed by atoms with E-state index in [0.717, 1.165) is 5.52 Å². The lowest BCUT2D eigenvalue weighted by atomic mass is 10.2. The second-order valence-electron chi connectivity index (χ2n) is 5.91. The standard InChI is InChI=1S/C16H21NO2/c1-12-5-6-14-13(11-12)7-9-17(14)10-8-15(18)19-16(2,3)4/h5-7,9,11H,8,10H2,1-4H3. The minimum Gasteiger partial charge on any atom is -0.460 e. The van der Waals surface area contributed by atoms with Gasteiger partial charge in [0.15, 0.2) is 0 Å². The third-order valence-corrected chi connectivity index (χ3v) is 2.90. The van der Waals surface area contributed by atoms with Gasteiger partial charge in [0.05, 0.1) is 6.42 Å². The summed E-state index contributed by atoms with van der Waals surface area (Å²) in [5, 5.41) is 1.21. The third kappa shape index (κ3) is 3.60. The molecule has 0 fully saturated rings. The van der Waals surface area contributed by atoms with Crippen LogP contribution in [-0.4, -0.2) is 16.1 Å². The lowest BCUT2D eigenvalue weighted by Crippen LogP contribution is -2.24. The Morgan fingerprint density at radius 2 is 2.00 bits per heavy atom. The number of hydrogen-bond acceptors (Lipinski definition) is 2. The van der Waals surface area contributed by atoms with E-state index in [2.05, 4.69) is 35.8 Å². The van der Waals surface area contributed by atoms with Gasteiger partial charge in [-0.05, 0) is 51.3 Å². The normalized spacial score (nSPS) is 11.8. The van der Waals surface area contributed by atoms with Crippen LogP contribution in [0, 0.1) is 6.92 Å². The Labute approximate surface area is 114 Å². The third-order valence-electron chi connectivity index (χ3n) is 2.90. The molecule has 0 unspecified atom stereocenters. The fourth-order valence-corrected chi connectivity index (χ4v) is 2.12. The van der Waals surface area contributed by atoms with E-state index in [0.29, 0.717) is 13.0 Å². The average Bonchev–Trinajstić information content (AvgIpc) is 2.66. The maximum Gasteiger partial charge on any atom is 0.308 e. The van der Waals surface area contributed by atoms with Gasteiger partial charge in [0.2, 0.25) is 0 Å². The molecule has 2 rings (SSSR count). The maximum atomic E-state index is 11.7. The molecule has 1 heterocycles. The van der Waals surface area contributed by atoms with E-state index in [4.69, 9.17) is 4.74 Å². The minimum absolute atomic E-state index is 0.151. The molecule has 1 aromatic heterocycles. The smallest absolute Gasteiger partial charge is 0.308 e. The molecular formula is C16H21NO2. The number of aromatic nitrogens is 1. The van der Waals surface area contributed by atoms with Crippen molar-refractivity contribution in [1.82, 2.24) is 4.57 Å². The Morgan fingerprint density at radius 3 is 2.68 bits per heavy atom. The van der Waals surface area contributed by atoms with Crippen LogP contribution in [0.1, 0.15) is 32.8 Å². The van der Waals surface area contributed by atoms with Crippen molar-refractivity contribution in [2.75, 3.05) is 0 Å². The molecule has 3 heteroatoms. The molecule has 3 nitrogen and oxygen atoms in total. The first-order valence-corrected chi connectivity index (χ1v) is 6.62. The van der Waals surface area contributed by atoms with Crippen molar-refractivity contribution in [2.24, 2.45) is 0 Å². The highest BCUT2D eigenvalue weighted by molar-refractivity contribution is 5.81. The van der Waals surface area contributed by atoms with E-state index in [1.807, 2.05) is 27.0 Å². The molecule has 0 atom stereocenters. The molecule has 0 aliphatic heterocycles. The number of carbonyl (C=O) groups is 1. The number of rotatable bonds is 3. The number of nitrogens with zero attached hydrogens (tertiary/aromatic N) is 1. The van der Waals surface area contributed by atoms with Crippen molar-refractivity contribution >= 4 is 16.9 Å². The number of fused-ring (bicyclic) bond motifs is 1. The van der Waals surface area contributed by atoms with Gasteiger partial charge in [-0.1, -0.05) is 11.6 Å². The highest BCUT2D eigenvalue weighted by Crippen LogP contribution is 2.18. The Kier molecular flexibility index (Phi) is 3.65. The minimum atomic E-state index is -0.410. The van der Waals surface area contributed by atoms with Gasteiger partial charge in [0.1, 0.15) is 5.60 Å². The van der Waals surface area contributed by atoms with Crippen LogP contribution in [0.4, 0.5) is 0 Å². The number of ether oxygens (including phenoxy) is 1. The Morgan fingerprint density at radius 1 is 1.26 bits per heavy atom. The van der Waals surface area contributed by atoms with Gasteiger partial charge in [-0.2, -0.15) is 0 Å². The molecule has 0 spiro atoms. The van der Waals surface area contributed by atoms with Crippen LogP contribution >= 0.6 is 0 Å². The maximum absolute atomic E-state index is 11.7. The van der Waals surface area contributed by atoms with Crippen LogP contribution in [0.25, 0.3) is 10.9 Å². The molecule has 0 saturated carbocycles. The average molecular weight is 259 g/mol. The first-order chi connectivity index (χ1) is 8.85. The zero-order valence-corrected chi connectivity index (χ0v) is 12.1. The number of aryl methyl sites for hydroxylation is 2. The predicted octanol–water partition coefficient (Wildman–Crippen LogP) is 3.68. The van der Waals surface area contributed by atoms with E-state index in [9.17, 15) is 4.79 Å². The summed E-state index contributed by atoms with van der Waals surface area (Å²) in [4.78, 5) is 11.7. The SMILES string of the molecule is Cc1ccc2c(ccn2CCC(=O)OC(C)(C)C)c1. The van der Waals surface area contributed by atoms with Crippen molar-refractivity contribution in [3.05, 3.63) is 36.0 Å². The summed E-state index contributed by atoms with van der Waals surface area (Å²) in [6.07, 6.45) is 2.42. The molecule has 0 bridgehead atoms. The fourth-order valence-electron chi connectivity index (χ4n) is 2.12. The topological polar surface area (TPSA) is 31.2 Å².